The fourth-order valence-corrected chi connectivity index (χ4v) is 3.78. The van der Waals surface area contributed by atoms with Gasteiger partial charge in [0.25, 0.3) is 5.91 Å². The molecule has 3 rings (SSSR count). The lowest BCUT2D eigenvalue weighted by molar-refractivity contribution is 0.0632. The van der Waals surface area contributed by atoms with Crippen molar-refractivity contribution in [3.05, 3.63) is 45.7 Å². The van der Waals surface area contributed by atoms with Crippen LogP contribution in [0.5, 0.6) is 5.75 Å². The number of aromatic amines is 1. The van der Waals surface area contributed by atoms with Crippen molar-refractivity contribution in [3.8, 4) is 5.75 Å². The van der Waals surface area contributed by atoms with Gasteiger partial charge in [-0.25, -0.2) is 0 Å². The highest BCUT2D eigenvalue weighted by atomic mass is 35.5. The summed E-state index contributed by atoms with van der Waals surface area (Å²) < 4.78 is 5.37. The van der Waals surface area contributed by atoms with Gasteiger partial charge in [-0.1, -0.05) is 11.6 Å². The molecule has 7 heteroatoms. The minimum Gasteiger partial charge on any atom is -0.496 e. The number of Topliss-reactive ketones (excluding diaryl/α,β-unsaturated/α-hetero) is 1. The van der Waals surface area contributed by atoms with Gasteiger partial charge in [0, 0.05) is 24.6 Å². The number of benzene rings is 1. The fourth-order valence-electron chi connectivity index (χ4n) is 3.61. The number of ketones is 1. The standard InChI is InChI=1S/C19H22ClN3O3/c1-11-7-14(8-12(2)18(11)26-3)17(24)13-5-4-6-23(10-13)19(25)16-15(20)9-21-22-16/h7-9,13H,4-6,10H2,1-3H3,(H,21,22)/t13-/m1/s1. The highest BCUT2D eigenvalue weighted by Gasteiger charge is 2.31. The summed E-state index contributed by atoms with van der Waals surface area (Å²) >= 11 is 5.99. The minimum atomic E-state index is -0.221. The number of likely N-dealkylation sites (tertiary alicyclic amines) is 1. The average Bonchev–Trinajstić information content (AvgIpc) is 3.06. The van der Waals surface area contributed by atoms with Gasteiger partial charge in [-0.05, 0) is 49.9 Å². The van der Waals surface area contributed by atoms with E-state index in [-0.39, 0.29) is 23.3 Å². The van der Waals surface area contributed by atoms with Crippen molar-refractivity contribution in [2.75, 3.05) is 20.2 Å². The number of methoxy groups -OCH3 is 1. The average molecular weight is 376 g/mol. The molecule has 138 valence electrons. The van der Waals surface area contributed by atoms with Gasteiger partial charge in [-0.3, -0.25) is 14.7 Å². The van der Waals surface area contributed by atoms with E-state index in [0.717, 1.165) is 29.7 Å². The van der Waals surface area contributed by atoms with Gasteiger partial charge in [0.1, 0.15) is 11.4 Å². The van der Waals surface area contributed by atoms with Gasteiger partial charge < -0.3 is 9.64 Å². The minimum absolute atomic E-state index is 0.0621. The summed E-state index contributed by atoms with van der Waals surface area (Å²) in [6.45, 7) is 4.86. The summed E-state index contributed by atoms with van der Waals surface area (Å²) in [7, 11) is 1.63. The first-order valence-corrected chi connectivity index (χ1v) is 8.97. The first-order chi connectivity index (χ1) is 12.4. The number of aromatic nitrogens is 2. The Bertz CT molecular complexity index is 823. The van der Waals surface area contributed by atoms with Crippen LogP contribution < -0.4 is 4.74 Å². The van der Waals surface area contributed by atoms with Crippen molar-refractivity contribution in [1.82, 2.24) is 15.1 Å². The number of aryl methyl sites for hydroxylation is 2. The van der Waals surface area contributed by atoms with Gasteiger partial charge >= 0.3 is 0 Å². The summed E-state index contributed by atoms with van der Waals surface area (Å²) in [5.41, 5.74) is 2.81. The van der Waals surface area contributed by atoms with Gasteiger partial charge in [0.2, 0.25) is 0 Å². The highest BCUT2D eigenvalue weighted by Crippen LogP contribution is 2.28. The molecule has 1 aliphatic heterocycles. The quantitative estimate of drug-likeness (QED) is 0.831. The van der Waals surface area contributed by atoms with Crippen molar-refractivity contribution in [2.45, 2.75) is 26.7 Å². The normalized spacial score (nSPS) is 17.2. The van der Waals surface area contributed by atoms with Crippen LogP contribution in [-0.4, -0.2) is 47.0 Å². The molecule has 0 spiro atoms. The molecular weight excluding hydrogens is 354 g/mol. The Kier molecular flexibility index (Phi) is 5.32. The van der Waals surface area contributed by atoms with E-state index in [2.05, 4.69) is 10.2 Å². The number of ether oxygens (including phenoxy) is 1. The van der Waals surface area contributed by atoms with E-state index in [0.29, 0.717) is 23.7 Å². The number of hydrogen-bond donors (Lipinski definition) is 1. The molecule has 1 aliphatic rings. The van der Waals surface area contributed by atoms with Crippen LogP contribution in [-0.2, 0) is 0 Å². The monoisotopic (exact) mass is 375 g/mol. The maximum Gasteiger partial charge on any atom is 0.273 e. The zero-order valence-corrected chi connectivity index (χ0v) is 15.9. The first-order valence-electron chi connectivity index (χ1n) is 8.60. The molecule has 1 fully saturated rings. The summed E-state index contributed by atoms with van der Waals surface area (Å²) in [6.07, 6.45) is 2.95. The molecule has 1 aromatic heterocycles. The van der Waals surface area contributed by atoms with E-state index in [4.69, 9.17) is 16.3 Å². The third kappa shape index (κ3) is 3.46. The molecule has 0 saturated carbocycles. The predicted molar refractivity (Wildman–Crippen MR) is 99.0 cm³/mol. The van der Waals surface area contributed by atoms with Gasteiger partial charge in [0.15, 0.2) is 5.78 Å². The lowest BCUT2D eigenvalue weighted by Crippen LogP contribution is -2.42. The first kappa shape index (κ1) is 18.5. The maximum absolute atomic E-state index is 13.0. The SMILES string of the molecule is COc1c(C)cc(C(=O)[C@@H]2CCCN(C(=O)c3[nH]ncc3Cl)C2)cc1C. The van der Waals surface area contributed by atoms with Crippen molar-refractivity contribution in [2.24, 2.45) is 5.92 Å². The highest BCUT2D eigenvalue weighted by molar-refractivity contribution is 6.33. The van der Waals surface area contributed by atoms with Crippen LogP contribution in [0.1, 0.15) is 44.8 Å². The number of nitrogens with zero attached hydrogens (tertiary/aromatic N) is 2. The largest absolute Gasteiger partial charge is 0.496 e. The number of carbonyl (C=O) groups is 2. The smallest absolute Gasteiger partial charge is 0.273 e. The molecule has 1 aromatic carbocycles. The van der Waals surface area contributed by atoms with Crippen LogP contribution in [0.15, 0.2) is 18.3 Å². The van der Waals surface area contributed by atoms with Crippen molar-refractivity contribution in [1.29, 1.82) is 0 Å². The molecule has 0 radical (unpaired) electrons. The molecule has 1 amide bonds. The Morgan fingerprint density at radius 2 is 2.00 bits per heavy atom. The zero-order chi connectivity index (χ0) is 18.8. The molecule has 0 bridgehead atoms. The molecule has 6 nitrogen and oxygen atoms in total. The molecule has 1 atom stereocenters. The number of carbonyl (C=O) groups excluding carboxylic acids is 2. The summed E-state index contributed by atoms with van der Waals surface area (Å²) in [6, 6.07) is 3.72. The lowest BCUT2D eigenvalue weighted by atomic mass is 9.88. The van der Waals surface area contributed by atoms with E-state index in [1.165, 1.54) is 6.20 Å². The van der Waals surface area contributed by atoms with Crippen LogP contribution in [0.25, 0.3) is 0 Å². The second-order valence-electron chi connectivity index (χ2n) is 6.69. The Hall–Kier alpha value is -2.34. The Labute approximate surface area is 157 Å². The van der Waals surface area contributed by atoms with E-state index in [9.17, 15) is 9.59 Å². The summed E-state index contributed by atoms with van der Waals surface area (Å²) in [5, 5.41) is 6.72. The summed E-state index contributed by atoms with van der Waals surface area (Å²) in [5.74, 6) is 0.427. The molecule has 1 saturated heterocycles. The topological polar surface area (TPSA) is 75.3 Å². The Morgan fingerprint density at radius 3 is 2.58 bits per heavy atom. The van der Waals surface area contributed by atoms with E-state index < -0.39 is 0 Å². The third-order valence-corrected chi connectivity index (χ3v) is 5.12. The van der Waals surface area contributed by atoms with Crippen LogP contribution >= 0.6 is 11.6 Å². The van der Waals surface area contributed by atoms with Crippen molar-refractivity contribution >= 4 is 23.3 Å². The fraction of sp³-hybridized carbons (Fsp3) is 0.421. The maximum atomic E-state index is 13.0. The van der Waals surface area contributed by atoms with Gasteiger partial charge in [0.05, 0.1) is 18.3 Å². The second-order valence-corrected chi connectivity index (χ2v) is 7.10. The molecule has 0 unspecified atom stereocenters. The van der Waals surface area contributed by atoms with Crippen LogP contribution in [0.3, 0.4) is 0 Å². The van der Waals surface area contributed by atoms with E-state index in [1.54, 1.807) is 12.0 Å². The van der Waals surface area contributed by atoms with Crippen LogP contribution in [0.4, 0.5) is 0 Å². The molecule has 2 aromatic rings. The number of nitrogens with one attached hydrogen (secondary N) is 1. The molecule has 2 heterocycles. The number of piperidine rings is 1. The molecular formula is C19H22ClN3O3. The van der Waals surface area contributed by atoms with Crippen molar-refractivity contribution in [3.63, 3.8) is 0 Å². The second kappa shape index (κ2) is 7.50. The molecule has 1 N–H and O–H groups in total. The van der Waals surface area contributed by atoms with Crippen LogP contribution in [0, 0.1) is 19.8 Å². The zero-order valence-electron chi connectivity index (χ0n) is 15.1. The van der Waals surface area contributed by atoms with Crippen LogP contribution in [0.2, 0.25) is 5.02 Å². The molecule has 0 aliphatic carbocycles. The van der Waals surface area contributed by atoms with Crippen molar-refractivity contribution < 1.29 is 14.3 Å². The summed E-state index contributed by atoms with van der Waals surface area (Å²) in [4.78, 5) is 27.3. The number of hydrogen-bond acceptors (Lipinski definition) is 4. The number of halogens is 1. The van der Waals surface area contributed by atoms with E-state index in [1.807, 2.05) is 26.0 Å². The van der Waals surface area contributed by atoms with Gasteiger partial charge in [-0.15, -0.1) is 0 Å². The number of amides is 1. The molecule has 26 heavy (non-hydrogen) atoms. The number of rotatable bonds is 4. The third-order valence-electron chi connectivity index (χ3n) is 4.84. The Balaban J connectivity index is 1.78. The van der Waals surface area contributed by atoms with Gasteiger partial charge in [-0.2, -0.15) is 5.10 Å². The lowest BCUT2D eigenvalue weighted by Gasteiger charge is -2.32. The predicted octanol–water partition coefficient (Wildman–Crippen LogP) is 3.42. The van der Waals surface area contributed by atoms with E-state index >= 15 is 0 Å². The Morgan fingerprint density at radius 1 is 1.31 bits per heavy atom. The number of H-pyrrole nitrogens is 1.